The summed E-state index contributed by atoms with van der Waals surface area (Å²) in [7, 11) is -3.90. The highest BCUT2D eigenvalue weighted by molar-refractivity contribution is 7.92. The van der Waals surface area contributed by atoms with Gasteiger partial charge in [0.25, 0.3) is 0 Å². The first-order valence-corrected chi connectivity index (χ1v) is 15.9. The Labute approximate surface area is 248 Å². The van der Waals surface area contributed by atoms with E-state index in [9.17, 15) is 27.6 Å². The van der Waals surface area contributed by atoms with Gasteiger partial charge in [0.2, 0.25) is 21.8 Å². The van der Waals surface area contributed by atoms with Crippen LogP contribution in [0.15, 0.2) is 41.8 Å². The molecule has 14 heteroatoms. The third kappa shape index (κ3) is 8.62. The van der Waals surface area contributed by atoms with Gasteiger partial charge in [-0.1, -0.05) is 23.7 Å². The number of carbonyl (C=O) groups excluding carboxylic acids is 4. The molecule has 4 amide bonds. The van der Waals surface area contributed by atoms with Crippen LogP contribution < -0.4 is 15.4 Å². The number of likely N-dealkylation sites (tertiary alicyclic amines) is 2. The highest BCUT2D eigenvalue weighted by Crippen LogP contribution is 2.23. The minimum Gasteiger partial charge on any atom is -0.336 e. The molecule has 2 fully saturated rings. The zero-order valence-electron chi connectivity index (χ0n) is 22.5. The molecule has 2 saturated heterocycles. The number of carbonyl (C=O) groups is 4. The van der Waals surface area contributed by atoms with Crippen LogP contribution in [0.25, 0.3) is 6.08 Å². The Kier molecular flexibility index (Phi) is 10.2. The van der Waals surface area contributed by atoms with Gasteiger partial charge in [0, 0.05) is 47.2 Å². The van der Waals surface area contributed by atoms with E-state index in [2.05, 4.69) is 15.4 Å². The van der Waals surface area contributed by atoms with Crippen LogP contribution >= 0.6 is 22.9 Å². The fraction of sp³-hybridized carbons (Fsp3) is 0.407. The van der Waals surface area contributed by atoms with Gasteiger partial charge < -0.3 is 20.4 Å². The van der Waals surface area contributed by atoms with Gasteiger partial charge in [0.05, 0.1) is 10.9 Å². The second-order valence-corrected chi connectivity index (χ2v) is 13.3. The lowest BCUT2D eigenvalue weighted by atomic mass is 10.1. The van der Waals surface area contributed by atoms with Crippen LogP contribution in [-0.2, 0) is 19.6 Å². The van der Waals surface area contributed by atoms with Crippen molar-refractivity contribution in [1.82, 2.24) is 19.8 Å². The maximum Gasteiger partial charge on any atom is 0.319 e. The molecule has 1 aromatic carbocycles. The van der Waals surface area contributed by atoms with Gasteiger partial charge in [-0.05, 0) is 62.9 Å². The molecule has 1 aromatic heterocycles. The van der Waals surface area contributed by atoms with Crippen molar-refractivity contribution in [2.24, 2.45) is 0 Å². The summed E-state index contributed by atoms with van der Waals surface area (Å²) in [5.74, 6) is -0.807. The van der Waals surface area contributed by atoms with E-state index in [0.717, 1.165) is 11.8 Å². The third-order valence-corrected chi connectivity index (χ3v) is 9.20. The van der Waals surface area contributed by atoms with Gasteiger partial charge in [0.15, 0.2) is 5.78 Å². The molecular formula is C27H32ClN5O6S2. The molecular weight excluding hydrogens is 590 g/mol. The van der Waals surface area contributed by atoms with Crippen LogP contribution in [0.2, 0.25) is 4.34 Å². The van der Waals surface area contributed by atoms with Gasteiger partial charge >= 0.3 is 6.03 Å². The highest BCUT2D eigenvalue weighted by Gasteiger charge is 2.35. The summed E-state index contributed by atoms with van der Waals surface area (Å²) in [6.07, 6.45) is 3.76. The first-order chi connectivity index (χ1) is 19.5. The minimum atomic E-state index is -3.90. The van der Waals surface area contributed by atoms with Gasteiger partial charge in [-0.2, -0.15) is 4.72 Å². The molecule has 2 aliphatic rings. The van der Waals surface area contributed by atoms with Crippen molar-refractivity contribution < 1.29 is 27.6 Å². The summed E-state index contributed by atoms with van der Waals surface area (Å²) in [6, 6.07) is 8.32. The van der Waals surface area contributed by atoms with E-state index >= 15 is 0 Å². The predicted molar refractivity (Wildman–Crippen MR) is 158 cm³/mol. The van der Waals surface area contributed by atoms with E-state index in [0.29, 0.717) is 52.8 Å². The summed E-state index contributed by atoms with van der Waals surface area (Å²) in [6.45, 7) is 2.36. The average Bonchev–Trinajstić information content (AvgIpc) is 3.57. The number of sulfonamides is 1. The number of hydrogen-bond donors (Lipinski definition) is 3. The van der Waals surface area contributed by atoms with Crippen molar-refractivity contribution in [2.45, 2.75) is 44.7 Å². The van der Waals surface area contributed by atoms with E-state index in [4.69, 9.17) is 11.6 Å². The zero-order valence-corrected chi connectivity index (χ0v) is 24.9. The lowest BCUT2D eigenvalue weighted by Crippen LogP contribution is -2.55. The van der Waals surface area contributed by atoms with Crippen LogP contribution in [0.3, 0.4) is 0 Å². The highest BCUT2D eigenvalue weighted by atomic mass is 35.5. The molecule has 0 saturated carbocycles. The van der Waals surface area contributed by atoms with E-state index in [1.807, 2.05) is 0 Å². The number of urea groups is 1. The maximum atomic E-state index is 13.2. The summed E-state index contributed by atoms with van der Waals surface area (Å²) < 4.78 is 28.1. The van der Waals surface area contributed by atoms with Crippen molar-refractivity contribution in [3.05, 3.63) is 56.6 Å². The Balaban J connectivity index is 1.28. The van der Waals surface area contributed by atoms with Gasteiger partial charge in [-0.15, -0.1) is 11.3 Å². The molecule has 11 nitrogen and oxygen atoms in total. The van der Waals surface area contributed by atoms with Crippen LogP contribution in [0, 0.1) is 0 Å². The Morgan fingerprint density at radius 1 is 1.12 bits per heavy atom. The number of hydrogen-bond acceptors (Lipinski definition) is 7. The number of halogens is 1. The normalized spacial score (nSPS) is 19.5. The molecule has 0 radical (unpaired) electrons. The van der Waals surface area contributed by atoms with Crippen LogP contribution in [0.4, 0.5) is 10.5 Å². The number of rotatable bonds is 10. The van der Waals surface area contributed by atoms with Crippen molar-refractivity contribution >= 4 is 68.4 Å². The molecule has 3 N–H and O–H groups in total. The number of piperidine rings is 1. The smallest absolute Gasteiger partial charge is 0.319 e. The first kappa shape index (κ1) is 30.7. The lowest BCUT2D eigenvalue weighted by molar-refractivity contribution is -0.143. The Bertz CT molecular complexity index is 1440. The maximum absolute atomic E-state index is 13.2. The summed E-state index contributed by atoms with van der Waals surface area (Å²) in [4.78, 5) is 54.0. The van der Waals surface area contributed by atoms with Gasteiger partial charge in [0.1, 0.15) is 6.04 Å². The molecule has 0 bridgehead atoms. The molecule has 220 valence electrons. The number of nitrogens with zero attached hydrogens (tertiary/aromatic N) is 2. The SMILES string of the molecule is CC(=O)c1cccc(NC(=O)NC[C@H]2CCCN2C(=O)CN2CCC[C@H](NS(=O)(=O)C=Cc3ccc(Cl)s3)C2=O)c1. The van der Waals surface area contributed by atoms with Crippen LogP contribution in [0.5, 0.6) is 0 Å². The number of benzene rings is 1. The van der Waals surface area contributed by atoms with Crippen molar-refractivity contribution in [3.63, 3.8) is 0 Å². The molecule has 2 atom stereocenters. The lowest BCUT2D eigenvalue weighted by Gasteiger charge is -2.34. The molecule has 0 aliphatic carbocycles. The fourth-order valence-corrected chi connectivity index (χ4v) is 6.92. The molecule has 4 rings (SSSR count). The Morgan fingerprint density at radius 2 is 1.90 bits per heavy atom. The number of thiophene rings is 1. The molecule has 0 unspecified atom stereocenters. The van der Waals surface area contributed by atoms with E-state index in [1.54, 1.807) is 41.3 Å². The van der Waals surface area contributed by atoms with Crippen LogP contribution in [-0.4, -0.2) is 80.1 Å². The number of amides is 4. The number of ketones is 1. The quantitative estimate of drug-likeness (QED) is 0.347. The fourth-order valence-electron chi connectivity index (χ4n) is 4.85. The first-order valence-electron chi connectivity index (χ1n) is 13.2. The summed E-state index contributed by atoms with van der Waals surface area (Å²) in [5.41, 5.74) is 0.965. The topological polar surface area (TPSA) is 145 Å². The third-order valence-electron chi connectivity index (χ3n) is 6.89. The van der Waals surface area contributed by atoms with Crippen molar-refractivity contribution in [2.75, 3.05) is 31.5 Å². The predicted octanol–water partition coefficient (Wildman–Crippen LogP) is 3.30. The summed E-state index contributed by atoms with van der Waals surface area (Å²) >= 11 is 7.11. The average molecular weight is 622 g/mol. The second-order valence-electron chi connectivity index (χ2n) is 9.92. The summed E-state index contributed by atoms with van der Waals surface area (Å²) in [5, 5.41) is 6.48. The van der Waals surface area contributed by atoms with Gasteiger partial charge in [-0.3, -0.25) is 14.4 Å². The number of nitrogens with one attached hydrogen (secondary N) is 3. The van der Waals surface area contributed by atoms with E-state index in [1.165, 1.54) is 29.2 Å². The van der Waals surface area contributed by atoms with Crippen LogP contribution in [0.1, 0.15) is 47.8 Å². The minimum absolute atomic E-state index is 0.109. The molecule has 2 aromatic rings. The Hall–Kier alpha value is -3.26. The largest absolute Gasteiger partial charge is 0.336 e. The molecule has 0 spiro atoms. The molecule has 3 heterocycles. The van der Waals surface area contributed by atoms with E-state index < -0.39 is 28.0 Å². The van der Waals surface area contributed by atoms with Crippen molar-refractivity contribution in [3.8, 4) is 0 Å². The number of Topliss-reactive ketones (excluding diaryl/α,β-unsaturated/α-hetero) is 1. The molecule has 41 heavy (non-hydrogen) atoms. The van der Waals surface area contributed by atoms with Crippen molar-refractivity contribution in [1.29, 1.82) is 0 Å². The zero-order chi connectivity index (χ0) is 29.6. The standard InChI is InChI=1S/C27H32ClN5O6S2/c1-18(34)19-5-2-6-20(15-19)30-27(37)29-16-21-7-3-13-33(21)25(35)17-32-12-4-8-23(26(32)36)31-41(38,39)14-11-22-9-10-24(28)40-22/h2,5-6,9-11,14-15,21,23,31H,3-4,7-8,12-13,16-17H2,1H3,(H2,29,30,37)/t21-,23+/m1/s1. The number of anilines is 1. The Morgan fingerprint density at radius 3 is 2.63 bits per heavy atom. The monoisotopic (exact) mass is 621 g/mol. The molecule has 2 aliphatic heterocycles. The van der Waals surface area contributed by atoms with E-state index in [-0.39, 0.29) is 30.8 Å². The van der Waals surface area contributed by atoms with Gasteiger partial charge in [-0.25, -0.2) is 13.2 Å². The second kappa shape index (κ2) is 13.6.